The van der Waals surface area contributed by atoms with Gasteiger partial charge in [0.15, 0.2) is 0 Å². The van der Waals surface area contributed by atoms with Crippen molar-refractivity contribution in [2.24, 2.45) is 0 Å². The number of nitrogens with one attached hydrogen (secondary N) is 2. The summed E-state index contributed by atoms with van der Waals surface area (Å²) < 4.78 is 64.9. The number of imidazole rings is 1. The molecule has 0 saturated heterocycles. The Morgan fingerprint density at radius 3 is 2.68 bits per heavy atom. The molecular formula is C14H16F3N7O2S2. The first kappa shape index (κ1) is 20.3. The lowest BCUT2D eigenvalue weighted by Crippen LogP contribution is -2.24. The molecule has 3 aromatic heterocycles. The quantitative estimate of drug-likeness (QED) is 0.483. The lowest BCUT2D eigenvalue weighted by atomic mass is 10.1. The van der Waals surface area contributed by atoms with Gasteiger partial charge in [0.05, 0.1) is 23.7 Å². The van der Waals surface area contributed by atoms with Gasteiger partial charge in [-0.3, -0.25) is 0 Å². The van der Waals surface area contributed by atoms with Crippen molar-refractivity contribution in [1.29, 1.82) is 0 Å². The van der Waals surface area contributed by atoms with E-state index >= 15 is 0 Å². The molecule has 0 aliphatic carbocycles. The maximum Gasteiger partial charge on any atom is 0.419 e. The molecule has 0 unspecified atom stereocenters. The first-order chi connectivity index (χ1) is 13.0. The van der Waals surface area contributed by atoms with Gasteiger partial charge in [-0.15, -0.1) is 5.10 Å². The van der Waals surface area contributed by atoms with Gasteiger partial charge >= 0.3 is 6.18 Å². The van der Waals surface area contributed by atoms with E-state index in [1.165, 1.54) is 28.2 Å². The Morgan fingerprint density at radius 1 is 1.25 bits per heavy atom. The second-order valence-electron chi connectivity index (χ2n) is 5.85. The van der Waals surface area contributed by atoms with Gasteiger partial charge < -0.3 is 11.1 Å². The average molecular weight is 435 g/mol. The minimum atomic E-state index is -4.62. The summed E-state index contributed by atoms with van der Waals surface area (Å²) in [4.78, 5) is 8.26. The number of nitrogens with zero attached hydrogens (tertiary/aromatic N) is 4. The molecule has 3 rings (SSSR count). The van der Waals surface area contributed by atoms with Crippen molar-refractivity contribution >= 4 is 37.3 Å². The number of fused-ring (bicyclic) bond motifs is 1. The molecule has 0 bridgehead atoms. The number of pyridine rings is 1. The van der Waals surface area contributed by atoms with Gasteiger partial charge in [-0.25, -0.2) is 27.6 Å². The molecule has 0 amide bonds. The van der Waals surface area contributed by atoms with Gasteiger partial charge in [0.25, 0.3) is 0 Å². The van der Waals surface area contributed by atoms with Gasteiger partial charge in [0.2, 0.25) is 20.1 Å². The normalized spacial score (nSPS) is 12.6. The SMILES string of the molecule is CS(=O)(=O)NCCCNc1nn2c(-c3cnc(N)c(C(F)(F)F)c3)cnc2s1. The predicted molar refractivity (Wildman–Crippen MR) is 99.5 cm³/mol. The first-order valence-corrected chi connectivity index (χ1v) is 10.6. The van der Waals surface area contributed by atoms with Crippen LogP contribution in [0.15, 0.2) is 18.5 Å². The van der Waals surface area contributed by atoms with E-state index in [0.29, 0.717) is 28.8 Å². The van der Waals surface area contributed by atoms with Crippen molar-refractivity contribution in [3.63, 3.8) is 0 Å². The van der Waals surface area contributed by atoms with E-state index in [1.807, 2.05) is 0 Å². The summed E-state index contributed by atoms with van der Waals surface area (Å²) in [6.07, 6.45) is -0.373. The molecule has 14 heteroatoms. The minimum Gasteiger partial charge on any atom is -0.383 e. The molecule has 0 spiro atoms. The first-order valence-electron chi connectivity index (χ1n) is 7.91. The molecule has 0 aromatic carbocycles. The summed E-state index contributed by atoms with van der Waals surface area (Å²) >= 11 is 1.21. The molecule has 4 N–H and O–H groups in total. The number of alkyl halides is 3. The molecule has 3 heterocycles. The number of rotatable bonds is 7. The number of hydrogen-bond acceptors (Lipinski definition) is 8. The van der Waals surface area contributed by atoms with Crippen LogP contribution in [0.2, 0.25) is 0 Å². The van der Waals surface area contributed by atoms with Gasteiger partial charge in [0, 0.05) is 24.8 Å². The Balaban J connectivity index is 1.76. The van der Waals surface area contributed by atoms with Gasteiger partial charge in [-0.1, -0.05) is 11.3 Å². The maximum atomic E-state index is 13.1. The lowest BCUT2D eigenvalue weighted by Gasteiger charge is -2.10. The van der Waals surface area contributed by atoms with E-state index in [0.717, 1.165) is 12.3 Å². The topological polar surface area (TPSA) is 127 Å². The molecule has 0 aliphatic heterocycles. The zero-order valence-electron chi connectivity index (χ0n) is 14.5. The van der Waals surface area contributed by atoms with Crippen LogP contribution in [-0.4, -0.2) is 47.3 Å². The minimum absolute atomic E-state index is 0.184. The molecule has 152 valence electrons. The number of nitrogens with two attached hydrogens (primary N) is 1. The summed E-state index contributed by atoms with van der Waals surface area (Å²) in [6, 6.07) is 0.912. The Kier molecular flexibility index (Phi) is 5.45. The Labute approximate surface area is 161 Å². The van der Waals surface area contributed by atoms with Crippen LogP contribution in [0.3, 0.4) is 0 Å². The highest BCUT2D eigenvalue weighted by Crippen LogP contribution is 2.35. The van der Waals surface area contributed by atoms with Gasteiger partial charge in [-0.2, -0.15) is 13.2 Å². The predicted octanol–water partition coefficient (Wildman–Crippen LogP) is 1.80. The highest BCUT2D eigenvalue weighted by atomic mass is 32.2. The summed E-state index contributed by atoms with van der Waals surface area (Å²) in [6.45, 7) is 0.729. The molecule has 0 atom stereocenters. The molecule has 0 radical (unpaired) electrons. The molecular weight excluding hydrogens is 419 g/mol. The van der Waals surface area contributed by atoms with Crippen molar-refractivity contribution < 1.29 is 21.6 Å². The van der Waals surface area contributed by atoms with E-state index in [1.54, 1.807) is 0 Å². The van der Waals surface area contributed by atoms with Crippen LogP contribution in [0.25, 0.3) is 16.2 Å². The van der Waals surface area contributed by atoms with Crippen LogP contribution < -0.4 is 15.8 Å². The molecule has 28 heavy (non-hydrogen) atoms. The van der Waals surface area contributed by atoms with Crippen LogP contribution in [-0.2, 0) is 16.2 Å². The van der Waals surface area contributed by atoms with Gasteiger partial charge in [-0.05, 0) is 12.5 Å². The summed E-state index contributed by atoms with van der Waals surface area (Å²) in [7, 11) is -3.23. The number of anilines is 2. The second-order valence-corrected chi connectivity index (χ2v) is 8.64. The Hall–Kier alpha value is -2.45. The van der Waals surface area contributed by atoms with Crippen LogP contribution in [0, 0.1) is 0 Å². The molecule has 0 aliphatic rings. The smallest absolute Gasteiger partial charge is 0.383 e. The summed E-state index contributed by atoms with van der Waals surface area (Å²) in [5.41, 5.74) is 4.84. The maximum absolute atomic E-state index is 13.1. The summed E-state index contributed by atoms with van der Waals surface area (Å²) in [5, 5.41) is 7.82. The fraction of sp³-hybridized carbons (Fsp3) is 0.357. The van der Waals surface area contributed by atoms with Crippen molar-refractivity contribution in [3.8, 4) is 11.3 Å². The number of aromatic nitrogens is 4. The number of hydrogen-bond donors (Lipinski definition) is 3. The Morgan fingerprint density at radius 2 is 2.00 bits per heavy atom. The largest absolute Gasteiger partial charge is 0.419 e. The van der Waals surface area contributed by atoms with Gasteiger partial charge in [0.1, 0.15) is 5.82 Å². The van der Waals surface area contributed by atoms with Crippen molar-refractivity contribution in [1.82, 2.24) is 24.3 Å². The standard InChI is InChI=1S/C14H16F3N7O2S2/c1-28(25,26)22-4-2-3-19-12-23-24-10(7-21-13(24)27-12)8-5-9(14(15,16)17)11(18)20-6-8/h5-7,22H,2-4H2,1H3,(H2,18,20)(H,19,23). The van der Waals surface area contributed by atoms with E-state index in [-0.39, 0.29) is 12.1 Å². The third-order valence-corrected chi connectivity index (χ3v) is 5.21. The number of nitrogen functional groups attached to an aromatic ring is 1. The molecule has 0 fully saturated rings. The van der Waals surface area contributed by atoms with Crippen LogP contribution in [0.1, 0.15) is 12.0 Å². The van der Waals surface area contributed by atoms with Crippen LogP contribution in [0.4, 0.5) is 24.1 Å². The number of halogens is 3. The zero-order valence-corrected chi connectivity index (χ0v) is 16.1. The highest BCUT2D eigenvalue weighted by molar-refractivity contribution is 7.88. The average Bonchev–Trinajstić information content (AvgIpc) is 3.13. The van der Waals surface area contributed by atoms with Crippen molar-refractivity contribution in [2.45, 2.75) is 12.6 Å². The third-order valence-electron chi connectivity index (χ3n) is 3.60. The zero-order chi connectivity index (χ0) is 20.5. The van der Waals surface area contributed by atoms with E-state index < -0.39 is 27.6 Å². The van der Waals surface area contributed by atoms with Crippen molar-refractivity contribution in [3.05, 3.63) is 24.0 Å². The van der Waals surface area contributed by atoms with Crippen LogP contribution >= 0.6 is 11.3 Å². The third kappa shape index (κ3) is 4.69. The highest BCUT2D eigenvalue weighted by Gasteiger charge is 2.34. The fourth-order valence-corrected chi connectivity index (χ4v) is 3.66. The molecule has 0 saturated carbocycles. The van der Waals surface area contributed by atoms with E-state index in [4.69, 9.17) is 5.73 Å². The number of sulfonamides is 1. The van der Waals surface area contributed by atoms with E-state index in [2.05, 4.69) is 25.1 Å². The molecule has 3 aromatic rings. The molecule has 9 nitrogen and oxygen atoms in total. The van der Waals surface area contributed by atoms with Crippen molar-refractivity contribution in [2.75, 3.05) is 30.4 Å². The van der Waals surface area contributed by atoms with Crippen LogP contribution in [0.5, 0.6) is 0 Å². The monoisotopic (exact) mass is 435 g/mol. The summed E-state index contributed by atoms with van der Waals surface area (Å²) in [5.74, 6) is -0.597. The Bertz CT molecular complexity index is 1090. The lowest BCUT2D eigenvalue weighted by molar-refractivity contribution is -0.137. The second kappa shape index (κ2) is 7.52. The van der Waals surface area contributed by atoms with E-state index in [9.17, 15) is 21.6 Å². The fourth-order valence-electron chi connectivity index (χ4n) is 2.34.